The number of amides is 3. The van der Waals surface area contributed by atoms with Gasteiger partial charge in [-0.1, -0.05) is 23.7 Å². The van der Waals surface area contributed by atoms with Gasteiger partial charge >= 0.3 is 7.60 Å². The van der Waals surface area contributed by atoms with Crippen LogP contribution >= 0.6 is 19.2 Å². The van der Waals surface area contributed by atoms with Crippen molar-refractivity contribution in [3.8, 4) is 11.5 Å². The lowest BCUT2D eigenvalue weighted by atomic mass is 10.0. The second kappa shape index (κ2) is 18.1. The number of anilines is 5. The number of benzene rings is 3. The number of nitrogens with zero attached hydrogens (tertiary/aromatic N) is 4. The molecule has 0 spiro atoms. The van der Waals surface area contributed by atoms with E-state index in [1.807, 2.05) is 24.3 Å². The summed E-state index contributed by atoms with van der Waals surface area (Å²) in [5, 5.41) is 13.0. The van der Waals surface area contributed by atoms with Crippen molar-refractivity contribution < 1.29 is 37.5 Å². The highest BCUT2D eigenvalue weighted by Gasteiger charge is 2.39. The highest BCUT2D eigenvalue weighted by Crippen LogP contribution is 2.47. The standard InChI is InChI=1S/C40H46ClN8O8P/c1-54-34-22-27(9-12-31(34)45-40-43-23-30(41)37(47-40)44-32-7-4-5-8-35(32)58(53,55-2)56-3)48-18-15-26(16-19-48)42-17-6-20-57-28-10-11-29-25(21-28)24-49(39(29)52)33-13-14-36(50)46-38(33)51/h4-5,7-12,21-23,26,33,42H,6,13-20,24H2,1-3H3,(H,46,50,51)(H2,43,44,45,47). The molecule has 0 saturated carbocycles. The first kappa shape index (κ1) is 40.9. The molecule has 1 aromatic heterocycles. The Morgan fingerprint density at radius 1 is 0.948 bits per heavy atom. The molecular weight excluding hydrogens is 787 g/mol. The first-order valence-corrected chi connectivity index (χ1v) is 21.0. The summed E-state index contributed by atoms with van der Waals surface area (Å²) in [5.41, 5.74) is 3.57. The van der Waals surface area contributed by atoms with Crippen LogP contribution in [0, 0.1) is 0 Å². The van der Waals surface area contributed by atoms with E-state index in [0.717, 1.165) is 50.1 Å². The molecule has 0 radical (unpaired) electrons. The molecule has 1 unspecified atom stereocenters. The highest BCUT2D eigenvalue weighted by atomic mass is 35.5. The summed E-state index contributed by atoms with van der Waals surface area (Å²) in [4.78, 5) is 49.7. The molecule has 0 aliphatic carbocycles. The minimum atomic E-state index is -3.56. The van der Waals surface area contributed by atoms with Crippen LogP contribution in [0.25, 0.3) is 0 Å². The Morgan fingerprint density at radius 2 is 1.74 bits per heavy atom. The Kier molecular flexibility index (Phi) is 12.8. The zero-order chi connectivity index (χ0) is 40.8. The Bertz CT molecular complexity index is 2210. The van der Waals surface area contributed by atoms with E-state index >= 15 is 0 Å². The topological polar surface area (TPSA) is 186 Å². The van der Waals surface area contributed by atoms with E-state index < -0.39 is 19.5 Å². The van der Waals surface area contributed by atoms with Crippen LogP contribution in [0.2, 0.25) is 5.02 Å². The van der Waals surface area contributed by atoms with Crippen LogP contribution in [0.1, 0.15) is 48.0 Å². The van der Waals surface area contributed by atoms with E-state index in [1.54, 1.807) is 43.5 Å². The van der Waals surface area contributed by atoms with Crippen LogP contribution in [0.5, 0.6) is 11.5 Å². The molecule has 3 aliphatic heterocycles. The molecule has 306 valence electrons. The van der Waals surface area contributed by atoms with E-state index in [2.05, 4.69) is 36.1 Å². The number of piperidine rings is 2. The molecule has 4 heterocycles. The lowest BCUT2D eigenvalue weighted by Gasteiger charge is -2.34. The predicted octanol–water partition coefficient (Wildman–Crippen LogP) is 5.53. The fourth-order valence-corrected chi connectivity index (χ4v) is 8.76. The molecule has 3 aliphatic rings. The van der Waals surface area contributed by atoms with Crippen molar-refractivity contribution >= 4 is 71.1 Å². The Hall–Kier alpha value is -5.25. The van der Waals surface area contributed by atoms with Crippen molar-refractivity contribution in [3.05, 3.63) is 83.0 Å². The third-order valence-corrected chi connectivity index (χ3v) is 12.7. The van der Waals surface area contributed by atoms with Gasteiger partial charge in [-0.3, -0.25) is 24.3 Å². The van der Waals surface area contributed by atoms with E-state index in [9.17, 15) is 18.9 Å². The van der Waals surface area contributed by atoms with Crippen LogP contribution in [-0.4, -0.2) is 92.2 Å². The average molecular weight is 833 g/mol. The molecule has 2 fully saturated rings. The molecule has 18 heteroatoms. The van der Waals surface area contributed by atoms with E-state index in [1.165, 1.54) is 25.3 Å². The second-order valence-electron chi connectivity index (χ2n) is 14.0. The van der Waals surface area contributed by atoms with Crippen molar-refractivity contribution in [2.45, 2.75) is 50.7 Å². The van der Waals surface area contributed by atoms with Crippen LogP contribution < -0.4 is 40.9 Å². The van der Waals surface area contributed by atoms with Crippen LogP contribution in [0.3, 0.4) is 0 Å². The summed E-state index contributed by atoms with van der Waals surface area (Å²) >= 11 is 6.46. The number of methoxy groups -OCH3 is 1. The summed E-state index contributed by atoms with van der Waals surface area (Å²) in [6, 6.07) is 18.0. The first-order valence-electron chi connectivity index (χ1n) is 19.0. The number of halogens is 1. The molecule has 58 heavy (non-hydrogen) atoms. The number of imide groups is 1. The number of para-hydroxylation sites is 1. The average Bonchev–Trinajstić information content (AvgIpc) is 3.56. The van der Waals surface area contributed by atoms with Crippen LogP contribution in [0.15, 0.2) is 66.9 Å². The second-order valence-corrected chi connectivity index (χ2v) is 16.7. The largest absolute Gasteiger partial charge is 0.494 e. The van der Waals surface area contributed by atoms with Gasteiger partial charge in [0.05, 0.1) is 36.6 Å². The van der Waals surface area contributed by atoms with Gasteiger partial charge in [-0.25, -0.2) is 4.98 Å². The molecule has 3 amide bonds. The maximum Gasteiger partial charge on any atom is 0.362 e. The van der Waals surface area contributed by atoms with Gasteiger partial charge in [0.25, 0.3) is 5.91 Å². The summed E-state index contributed by atoms with van der Waals surface area (Å²) < 4.78 is 35.4. The zero-order valence-electron chi connectivity index (χ0n) is 32.5. The van der Waals surface area contributed by atoms with Crippen molar-refractivity contribution in [2.75, 3.05) is 63.1 Å². The Morgan fingerprint density at radius 3 is 2.50 bits per heavy atom. The van der Waals surface area contributed by atoms with Crippen molar-refractivity contribution in [1.82, 2.24) is 25.5 Å². The highest BCUT2D eigenvalue weighted by molar-refractivity contribution is 7.62. The van der Waals surface area contributed by atoms with Gasteiger partial charge in [0.2, 0.25) is 17.8 Å². The van der Waals surface area contributed by atoms with Gasteiger partial charge in [-0.05, 0) is 80.3 Å². The number of aromatic nitrogens is 2. The molecule has 2 saturated heterocycles. The van der Waals surface area contributed by atoms with E-state index in [0.29, 0.717) is 65.2 Å². The Labute approximate surface area is 341 Å². The lowest BCUT2D eigenvalue weighted by molar-refractivity contribution is -0.136. The monoisotopic (exact) mass is 832 g/mol. The normalized spacial score (nSPS) is 17.2. The van der Waals surface area contributed by atoms with E-state index in [-0.39, 0.29) is 29.2 Å². The number of carbonyl (C=O) groups is 3. The third-order valence-electron chi connectivity index (χ3n) is 10.5. The first-order chi connectivity index (χ1) is 28.1. The van der Waals surface area contributed by atoms with Crippen LogP contribution in [-0.2, 0) is 29.7 Å². The number of ether oxygens (including phenoxy) is 2. The minimum absolute atomic E-state index is 0.197. The zero-order valence-corrected chi connectivity index (χ0v) is 34.1. The summed E-state index contributed by atoms with van der Waals surface area (Å²) in [5.74, 6) is 0.960. The van der Waals surface area contributed by atoms with Gasteiger partial charge in [0, 0.05) is 63.6 Å². The van der Waals surface area contributed by atoms with Gasteiger partial charge < -0.3 is 44.3 Å². The van der Waals surface area contributed by atoms with Crippen LogP contribution in [0.4, 0.5) is 28.8 Å². The third kappa shape index (κ3) is 9.06. The summed E-state index contributed by atoms with van der Waals surface area (Å²) in [7, 11) is 0.704. The molecule has 4 aromatic rings. The quantitative estimate of drug-likeness (QED) is 0.0628. The summed E-state index contributed by atoms with van der Waals surface area (Å²) in [6.45, 7) is 3.41. The number of hydrogen-bond acceptors (Lipinski definition) is 14. The SMILES string of the molecule is COc1cc(N2CCC(NCCCOc3ccc4c(c3)CN(C3CCC(=O)NC3=O)C4=O)CC2)ccc1Nc1ncc(Cl)c(Nc2ccccc2P(=O)(OC)OC)n1. The van der Waals surface area contributed by atoms with Crippen molar-refractivity contribution in [3.63, 3.8) is 0 Å². The molecule has 3 aromatic carbocycles. The molecule has 7 rings (SSSR count). The molecule has 4 N–H and O–H groups in total. The van der Waals surface area contributed by atoms with Gasteiger partial charge in [0.15, 0.2) is 5.82 Å². The fraction of sp³-hybridized carbons (Fsp3) is 0.375. The van der Waals surface area contributed by atoms with Gasteiger partial charge in [-0.2, -0.15) is 4.98 Å². The van der Waals surface area contributed by atoms with Gasteiger partial charge in [-0.15, -0.1) is 0 Å². The maximum atomic E-state index is 13.2. The number of carbonyl (C=O) groups excluding carboxylic acids is 3. The van der Waals surface area contributed by atoms with Crippen molar-refractivity contribution in [1.29, 1.82) is 0 Å². The summed E-state index contributed by atoms with van der Waals surface area (Å²) in [6.07, 6.45) is 4.80. The molecule has 0 bridgehead atoms. The van der Waals surface area contributed by atoms with Gasteiger partial charge in [0.1, 0.15) is 22.6 Å². The fourth-order valence-electron chi connectivity index (χ4n) is 7.38. The van der Waals surface area contributed by atoms with Crippen molar-refractivity contribution in [2.24, 2.45) is 0 Å². The number of hydrogen-bond donors (Lipinski definition) is 4. The molecule has 16 nitrogen and oxygen atoms in total. The minimum Gasteiger partial charge on any atom is -0.494 e. The molecule has 1 atom stereocenters. The van der Waals surface area contributed by atoms with E-state index in [4.69, 9.17) is 30.1 Å². The maximum absolute atomic E-state index is 13.2. The predicted molar refractivity (Wildman–Crippen MR) is 220 cm³/mol. The Balaban J connectivity index is 0.869. The molecular formula is C40H46ClN8O8P. The lowest BCUT2D eigenvalue weighted by Crippen LogP contribution is -2.52. The number of fused-ring (bicyclic) bond motifs is 1. The number of nitrogens with one attached hydrogen (secondary N) is 4. The smallest absolute Gasteiger partial charge is 0.362 e. The number of rotatable bonds is 16.